The molecule has 0 saturated heterocycles. The van der Waals surface area contributed by atoms with Crippen molar-refractivity contribution in [2.75, 3.05) is 12.3 Å². The summed E-state index contributed by atoms with van der Waals surface area (Å²) in [6.07, 6.45) is -3.07. The Morgan fingerprint density at radius 3 is 2.41 bits per heavy atom. The van der Waals surface area contributed by atoms with E-state index in [1.807, 2.05) is 13.8 Å². The Labute approximate surface area is 97.5 Å². The topological polar surface area (TPSA) is 53.1 Å². The van der Waals surface area contributed by atoms with Gasteiger partial charge in [0.15, 0.2) is 0 Å². The molecule has 0 aromatic carbocycles. The lowest BCUT2D eigenvalue weighted by Gasteiger charge is -2.09. The van der Waals surface area contributed by atoms with Gasteiger partial charge in [0.05, 0.1) is 17.1 Å². The molecule has 1 aromatic heterocycles. The molecule has 4 nitrogen and oxygen atoms in total. The summed E-state index contributed by atoms with van der Waals surface area (Å²) in [5.74, 6) is 0. The van der Waals surface area contributed by atoms with Gasteiger partial charge in [-0.1, -0.05) is 13.8 Å². The van der Waals surface area contributed by atoms with Crippen LogP contribution in [0.5, 0.6) is 0 Å². The molecule has 2 N–H and O–H groups in total. The van der Waals surface area contributed by atoms with Crippen molar-refractivity contribution in [3.05, 3.63) is 11.4 Å². The third kappa shape index (κ3) is 3.62. The van der Waals surface area contributed by atoms with Crippen LogP contribution >= 0.6 is 0 Å². The molecule has 0 atom stereocenters. The van der Waals surface area contributed by atoms with Gasteiger partial charge in [-0.15, -0.1) is 0 Å². The van der Waals surface area contributed by atoms with Gasteiger partial charge in [-0.25, -0.2) is 4.68 Å². The number of hydrogen-bond acceptors (Lipinski definition) is 3. The molecule has 98 valence electrons. The lowest BCUT2D eigenvalue weighted by atomic mass is 10.2. The van der Waals surface area contributed by atoms with Crippen molar-refractivity contribution < 1.29 is 17.9 Å². The molecule has 17 heavy (non-hydrogen) atoms. The van der Waals surface area contributed by atoms with Crippen molar-refractivity contribution in [3.8, 4) is 0 Å². The Bertz CT molecular complexity index is 374. The first-order valence-electron chi connectivity index (χ1n) is 5.37. The van der Waals surface area contributed by atoms with Gasteiger partial charge < -0.3 is 10.5 Å². The van der Waals surface area contributed by atoms with Gasteiger partial charge in [0.25, 0.3) is 0 Å². The minimum atomic E-state index is -4.32. The van der Waals surface area contributed by atoms with Crippen molar-refractivity contribution in [2.24, 2.45) is 0 Å². The van der Waals surface area contributed by atoms with Gasteiger partial charge in [0.1, 0.15) is 13.3 Å². The summed E-state index contributed by atoms with van der Waals surface area (Å²) in [5.41, 5.74) is 7.77. The van der Waals surface area contributed by atoms with Crippen LogP contribution < -0.4 is 5.73 Å². The van der Waals surface area contributed by atoms with Crippen LogP contribution in [-0.4, -0.2) is 22.6 Å². The quantitative estimate of drug-likeness (QED) is 0.872. The summed E-state index contributed by atoms with van der Waals surface area (Å²) >= 11 is 0. The zero-order chi connectivity index (χ0) is 13.1. The van der Waals surface area contributed by atoms with E-state index in [2.05, 4.69) is 9.84 Å². The van der Waals surface area contributed by atoms with E-state index in [-0.39, 0.29) is 6.73 Å². The molecule has 0 aliphatic heterocycles. The largest absolute Gasteiger partial charge is 0.411 e. The van der Waals surface area contributed by atoms with E-state index >= 15 is 0 Å². The van der Waals surface area contributed by atoms with E-state index in [0.29, 0.717) is 29.9 Å². The second-order valence-corrected chi connectivity index (χ2v) is 3.61. The van der Waals surface area contributed by atoms with Gasteiger partial charge in [-0.2, -0.15) is 18.3 Å². The Kier molecular flexibility index (Phi) is 4.39. The Hall–Kier alpha value is -1.24. The van der Waals surface area contributed by atoms with Gasteiger partial charge in [-0.05, 0) is 12.8 Å². The molecule has 0 aliphatic rings. The fraction of sp³-hybridized carbons (Fsp3) is 0.700. The second kappa shape index (κ2) is 5.39. The molecule has 0 saturated carbocycles. The number of ether oxygens (including phenoxy) is 1. The molecule has 0 unspecified atom stereocenters. The number of rotatable bonds is 5. The van der Waals surface area contributed by atoms with Crippen LogP contribution in [0.15, 0.2) is 0 Å². The Morgan fingerprint density at radius 1 is 1.29 bits per heavy atom. The molecule has 0 aliphatic carbocycles. The van der Waals surface area contributed by atoms with Gasteiger partial charge >= 0.3 is 6.18 Å². The first-order chi connectivity index (χ1) is 7.89. The van der Waals surface area contributed by atoms with Crippen LogP contribution in [0.3, 0.4) is 0 Å². The van der Waals surface area contributed by atoms with Crippen molar-refractivity contribution in [3.63, 3.8) is 0 Å². The van der Waals surface area contributed by atoms with Crippen molar-refractivity contribution in [1.29, 1.82) is 0 Å². The molecule has 7 heteroatoms. The molecule has 0 fully saturated rings. The summed E-state index contributed by atoms with van der Waals surface area (Å²) in [5, 5.41) is 4.12. The number of anilines is 1. The molecule has 0 bridgehead atoms. The van der Waals surface area contributed by atoms with Crippen molar-refractivity contribution in [2.45, 2.75) is 39.6 Å². The van der Waals surface area contributed by atoms with Crippen LogP contribution in [0, 0.1) is 0 Å². The SMILES string of the molecule is CCc1nn(COCC(F)(F)F)c(CC)c1N. The lowest BCUT2D eigenvalue weighted by Crippen LogP contribution is -2.19. The zero-order valence-corrected chi connectivity index (χ0v) is 9.84. The monoisotopic (exact) mass is 251 g/mol. The average molecular weight is 251 g/mol. The third-order valence-electron chi connectivity index (χ3n) is 2.32. The minimum Gasteiger partial charge on any atom is -0.396 e. The van der Waals surface area contributed by atoms with E-state index in [1.165, 1.54) is 4.68 Å². The van der Waals surface area contributed by atoms with Crippen LogP contribution in [0.2, 0.25) is 0 Å². The highest BCUT2D eigenvalue weighted by atomic mass is 19.4. The maximum Gasteiger partial charge on any atom is 0.411 e. The maximum absolute atomic E-state index is 11.9. The number of halogens is 3. The highest BCUT2D eigenvalue weighted by molar-refractivity contribution is 5.48. The standard InChI is InChI=1S/C10H16F3N3O/c1-3-7-9(14)8(4-2)16(15-7)6-17-5-10(11,12)13/h3-6,14H2,1-2H3. The average Bonchev–Trinajstić information content (AvgIpc) is 2.53. The Balaban J connectivity index is 2.70. The number of alkyl halides is 3. The van der Waals surface area contributed by atoms with E-state index in [9.17, 15) is 13.2 Å². The van der Waals surface area contributed by atoms with Crippen molar-refractivity contribution in [1.82, 2.24) is 9.78 Å². The van der Waals surface area contributed by atoms with E-state index in [0.717, 1.165) is 0 Å². The maximum atomic E-state index is 11.9. The van der Waals surface area contributed by atoms with E-state index in [4.69, 9.17) is 5.73 Å². The number of aromatic nitrogens is 2. The smallest absolute Gasteiger partial charge is 0.396 e. The van der Waals surface area contributed by atoms with Gasteiger partial charge in [0, 0.05) is 0 Å². The van der Waals surface area contributed by atoms with Gasteiger partial charge in [-0.3, -0.25) is 0 Å². The molecular formula is C10H16F3N3O. The van der Waals surface area contributed by atoms with Gasteiger partial charge in [0.2, 0.25) is 0 Å². The highest BCUT2D eigenvalue weighted by Crippen LogP contribution is 2.19. The molecule has 0 radical (unpaired) electrons. The Morgan fingerprint density at radius 2 is 1.94 bits per heavy atom. The third-order valence-corrected chi connectivity index (χ3v) is 2.32. The first-order valence-corrected chi connectivity index (χ1v) is 5.37. The summed E-state index contributed by atoms with van der Waals surface area (Å²) in [4.78, 5) is 0. The highest BCUT2D eigenvalue weighted by Gasteiger charge is 2.27. The van der Waals surface area contributed by atoms with E-state index < -0.39 is 12.8 Å². The number of hydrogen-bond donors (Lipinski definition) is 1. The molecular weight excluding hydrogens is 235 g/mol. The fourth-order valence-electron chi connectivity index (χ4n) is 1.55. The fourth-order valence-corrected chi connectivity index (χ4v) is 1.55. The molecule has 0 spiro atoms. The summed E-state index contributed by atoms with van der Waals surface area (Å²) < 4.78 is 41.7. The van der Waals surface area contributed by atoms with Crippen molar-refractivity contribution >= 4 is 5.69 Å². The molecule has 1 heterocycles. The predicted molar refractivity (Wildman–Crippen MR) is 57.4 cm³/mol. The van der Waals surface area contributed by atoms with Crippen LogP contribution in [0.1, 0.15) is 25.2 Å². The predicted octanol–water partition coefficient (Wildman–Crippen LogP) is 2.13. The molecule has 1 rings (SSSR count). The number of aryl methyl sites for hydroxylation is 1. The summed E-state index contributed by atoms with van der Waals surface area (Å²) in [6.45, 7) is 2.25. The summed E-state index contributed by atoms with van der Waals surface area (Å²) in [6, 6.07) is 0. The number of nitrogens with two attached hydrogens (primary N) is 1. The zero-order valence-electron chi connectivity index (χ0n) is 9.84. The van der Waals surface area contributed by atoms with Crippen LogP contribution in [-0.2, 0) is 24.3 Å². The number of nitrogens with zero attached hydrogens (tertiary/aromatic N) is 2. The molecule has 1 aromatic rings. The minimum absolute atomic E-state index is 0.229. The first kappa shape index (κ1) is 13.8. The van der Waals surface area contributed by atoms with Crippen LogP contribution in [0.25, 0.3) is 0 Å². The number of nitrogen functional groups attached to an aromatic ring is 1. The lowest BCUT2D eigenvalue weighted by molar-refractivity contribution is -0.182. The summed E-state index contributed by atoms with van der Waals surface area (Å²) in [7, 11) is 0. The van der Waals surface area contributed by atoms with E-state index in [1.54, 1.807) is 0 Å². The molecule has 0 amide bonds. The van der Waals surface area contributed by atoms with Crippen LogP contribution in [0.4, 0.5) is 18.9 Å². The normalized spacial score (nSPS) is 12.1. The second-order valence-electron chi connectivity index (χ2n) is 3.61.